The van der Waals surface area contributed by atoms with Gasteiger partial charge in [0.05, 0.1) is 12.8 Å². The lowest BCUT2D eigenvalue weighted by Gasteiger charge is -2.21. The largest absolute Gasteiger partial charge is 0.495 e. The van der Waals surface area contributed by atoms with E-state index in [2.05, 4.69) is 5.32 Å². The normalized spacial score (nSPS) is 12.5. The first kappa shape index (κ1) is 18.8. The van der Waals surface area contributed by atoms with E-state index in [4.69, 9.17) is 13.9 Å². The Morgan fingerprint density at radius 3 is 2.41 bits per heavy atom. The van der Waals surface area contributed by atoms with Gasteiger partial charge in [-0.1, -0.05) is 13.6 Å². The number of carbonyl (C=O) groups is 1. The van der Waals surface area contributed by atoms with Crippen molar-refractivity contribution < 1.29 is 18.7 Å². The quantitative estimate of drug-likeness (QED) is 0.657. The first-order valence-electron chi connectivity index (χ1n) is 7.21. The molecule has 1 atom stereocenters. The molecule has 22 heavy (non-hydrogen) atoms. The Bertz CT molecular complexity index is 517. The highest BCUT2D eigenvalue weighted by Crippen LogP contribution is 2.35. The van der Waals surface area contributed by atoms with E-state index in [1.807, 2.05) is 53.2 Å². The summed E-state index contributed by atoms with van der Waals surface area (Å²) in [6.45, 7) is 11.7. The second kappa shape index (κ2) is 7.84. The van der Waals surface area contributed by atoms with Crippen molar-refractivity contribution in [3.63, 3.8) is 0 Å². The lowest BCUT2D eigenvalue weighted by atomic mass is 9.76. The van der Waals surface area contributed by atoms with Crippen LogP contribution in [-0.2, 0) is 9.18 Å². The zero-order valence-electron chi connectivity index (χ0n) is 14.4. The third-order valence-electron chi connectivity index (χ3n) is 2.55. The average molecular weight is 325 g/mol. The van der Waals surface area contributed by atoms with E-state index in [0.29, 0.717) is 11.4 Å². The minimum absolute atomic E-state index is 0.168. The van der Waals surface area contributed by atoms with Crippen LogP contribution in [0, 0.1) is 0 Å². The van der Waals surface area contributed by atoms with E-state index in [9.17, 15) is 4.79 Å². The van der Waals surface area contributed by atoms with Crippen LogP contribution in [0.25, 0.3) is 0 Å². The molecule has 1 unspecified atom stereocenters. The van der Waals surface area contributed by atoms with Gasteiger partial charge < -0.3 is 13.9 Å². The Morgan fingerprint density at radius 2 is 1.91 bits per heavy atom. The highest BCUT2D eigenvalue weighted by Gasteiger charge is 2.18. The van der Waals surface area contributed by atoms with Gasteiger partial charge in [0.2, 0.25) is 0 Å². The number of ether oxygens (including phenoxy) is 2. The number of amides is 1. The minimum Gasteiger partial charge on any atom is -0.495 e. The molecule has 0 fully saturated rings. The molecule has 1 amide bonds. The first-order valence-corrected chi connectivity index (χ1v) is 8.91. The Balaban J connectivity index is 2.87. The number of rotatable bonds is 5. The van der Waals surface area contributed by atoms with Crippen LogP contribution in [0.4, 0.5) is 10.5 Å². The minimum atomic E-state index is -0.716. The molecule has 122 valence electrons. The van der Waals surface area contributed by atoms with E-state index < -0.39 is 19.8 Å². The van der Waals surface area contributed by atoms with Gasteiger partial charge in [-0.3, -0.25) is 5.32 Å². The fraction of sp³-hybridized carbons (Fsp3) is 0.533. The summed E-state index contributed by atoms with van der Waals surface area (Å²) in [4.78, 5) is 11.9. The zero-order valence-corrected chi connectivity index (χ0v) is 15.3. The molecule has 0 radical (unpaired) electrons. The maximum Gasteiger partial charge on any atom is 0.412 e. The van der Waals surface area contributed by atoms with E-state index in [1.54, 1.807) is 13.2 Å². The number of benzene rings is 1. The summed E-state index contributed by atoms with van der Waals surface area (Å²) in [6, 6.07) is 5.63. The van der Waals surface area contributed by atoms with Crippen LogP contribution in [0.3, 0.4) is 0 Å². The van der Waals surface area contributed by atoms with Crippen molar-refractivity contribution in [2.75, 3.05) is 19.1 Å². The molecular formula is C15H25BNO4P. The van der Waals surface area contributed by atoms with Crippen LogP contribution in [0.5, 0.6) is 5.75 Å². The van der Waals surface area contributed by atoms with E-state index in [0.717, 1.165) is 5.30 Å². The Labute approximate surface area is 134 Å². The molecule has 5 nitrogen and oxygen atoms in total. The average Bonchev–Trinajstić information content (AvgIpc) is 2.35. The third kappa shape index (κ3) is 6.24. The van der Waals surface area contributed by atoms with E-state index in [-0.39, 0.29) is 6.92 Å². The summed E-state index contributed by atoms with van der Waals surface area (Å²) >= 11 is 0. The monoisotopic (exact) mass is 325 g/mol. The predicted octanol–water partition coefficient (Wildman–Crippen LogP) is 3.96. The van der Waals surface area contributed by atoms with Crippen LogP contribution in [0.1, 0.15) is 20.8 Å². The Hall–Kier alpha value is -1.26. The van der Waals surface area contributed by atoms with Crippen molar-refractivity contribution in [2.45, 2.75) is 40.0 Å². The fourth-order valence-electron chi connectivity index (χ4n) is 1.77. The Kier molecular flexibility index (Phi) is 6.70. The highest BCUT2D eigenvalue weighted by molar-refractivity contribution is 7.61. The SMILES string of the molecule is COc1cc(P(C)OB(C)C)ccc1NC(=O)OC(C)(C)C. The maximum atomic E-state index is 11.9. The van der Waals surface area contributed by atoms with Gasteiger partial charge in [-0.15, -0.1) is 0 Å². The number of hydrogen-bond acceptors (Lipinski definition) is 4. The van der Waals surface area contributed by atoms with Gasteiger partial charge in [0, 0.05) is 13.5 Å². The van der Waals surface area contributed by atoms with Crippen molar-refractivity contribution in [3.05, 3.63) is 18.2 Å². The molecule has 0 heterocycles. The summed E-state index contributed by atoms with van der Waals surface area (Å²) in [5.41, 5.74) is 0.0357. The zero-order chi connectivity index (χ0) is 16.9. The van der Waals surface area contributed by atoms with Crippen molar-refractivity contribution in [1.29, 1.82) is 0 Å². The molecule has 0 aliphatic heterocycles. The van der Waals surface area contributed by atoms with Crippen LogP contribution in [0.2, 0.25) is 13.6 Å². The van der Waals surface area contributed by atoms with Crippen molar-refractivity contribution in [1.82, 2.24) is 0 Å². The molecule has 0 aromatic heterocycles. The predicted molar refractivity (Wildman–Crippen MR) is 93.9 cm³/mol. The summed E-state index contributed by atoms with van der Waals surface area (Å²) in [7, 11) is 0.854. The fourth-order valence-corrected chi connectivity index (χ4v) is 3.11. The van der Waals surface area contributed by atoms with Crippen LogP contribution < -0.4 is 15.4 Å². The maximum absolute atomic E-state index is 11.9. The number of carbonyl (C=O) groups excluding carboxylic acids is 1. The van der Waals surface area contributed by atoms with Gasteiger partial charge in [0.1, 0.15) is 11.4 Å². The Morgan fingerprint density at radius 1 is 1.27 bits per heavy atom. The lowest BCUT2D eigenvalue weighted by Crippen LogP contribution is -2.27. The van der Waals surface area contributed by atoms with Gasteiger partial charge in [-0.05, 0) is 45.6 Å². The number of nitrogens with one attached hydrogen (secondary N) is 1. The molecule has 1 rings (SSSR count). The van der Waals surface area contributed by atoms with Gasteiger partial charge in [-0.25, -0.2) is 4.79 Å². The molecule has 1 aromatic carbocycles. The summed E-state index contributed by atoms with van der Waals surface area (Å²) < 4.78 is 16.4. The standard InChI is InChI=1S/C15H25BNO4P/c1-15(2,3)20-14(18)17-12-9-8-11(10-13(12)19-6)22(7)21-16(4)5/h8-10H,1-7H3,(H,17,18). The van der Waals surface area contributed by atoms with Gasteiger partial charge >= 0.3 is 6.09 Å². The summed E-state index contributed by atoms with van der Waals surface area (Å²) in [5.74, 6) is 0.588. The van der Waals surface area contributed by atoms with Crippen molar-refractivity contribution >= 4 is 32.1 Å². The molecule has 0 bridgehead atoms. The second-order valence-electron chi connectivity index (χ2n) is 6.16. The van der Waals surface area contributed by atoms with Crippen LogP contribution in [0.15, 0.2) is 18.2 Å². The van der Waals surface area contributed by atoms with E-state index >= 15 is 0 Å². The van der Waals surface area contributed by atoms with Crippen molar-refractivity contribution in [2.24, 2.45) is 0 Å². The number of hydrogen-bond donors (Lipinski definition) is 1. The van der Waals surface area contributed by atoms with Crippen molar-refractivity contribution in [3.8, 4) is 5.75 Å². The first-order chi connectivity index (χ1) is 10.1. The lowest BCUT2D eigenvalue weighted by molar-refractivity contribution is 0.0635. The second-order valence-corrected chi connectivity index (χ2v) is 7.89. The molecule has 7 heteroatoms. The smallest absolute Gasteiger partial charge is 0.412 e. The molecular weight excluding hydrogens is 300 g/mol. The number of methoxy groups -OCH3 is 1. The van der Waals surface area contributed by atoms with Crippen LogP contribution in [-0.4, -0.2) is 32.4 Å². The molecule has 0 aliphatic rings. The summed E-state index contributed by atoms with van der Waals surface area (Å²) in [6.07, 6.45) is -0.504. The molecule has 0 saturated carbocycles. The van der Waals surface area contributed by atoms with Crippen LogP contribution >= 0.6 is 8.15 Å². The highest BCUT2D eigenvalue weighted by atomic mass is 31.1. The van der Waals surface area contributed by atoms with Gasteiger partial charge in [0.15, 0.2) is 0 Å². The number of anilines is 1. The molecule has 1 N–H and O–H groups in total. The van der Waals surface area contributed by atoms with Gasteiger partial charge in [0.25, 0.3) is 6.92 Å². The molecule has 0 spiro atoms. The van der Waals surface area contributed by atoms with E-state index in [1.165, 1.54) is 0 Å². The molecule has 0 saturated heterocycles. The molecule has 0 aliphatic carbocycles. The third-order valence-corrected chi connectivity index (χ3v) is 4.30. The summed E-state index contributed by atoms with van der Waals surface area (Å²) in [5, 5.41) is 3.76. The topological polar surface area (TPSA) is 56.8 Å². The molecule has 1 aromatic rings. The van der Waals surface area contributed by atoms with Gasteiger partial charge in [-0.2, -0.15) is 0 Å².